The number of carbonyl (C=O) groups excluding carboxylic acids is 1. The molecule has 0 radical (unpaired) electrons. The molecule has 2 saturated heterocycles. The van der Waals surface area contributed by atoms with Crippen LogP contribution in [0.1, 0.15) is 16.9 Å². The highest BCUT2D eigenvalue weighted by Crippen LogP contribution is 2.33. The number of thioether (sulfide) groups is 1. The Kier molecular flexibility index (Phi) is 3.94. The number of aromatic nitrogens is 1. The summed E-state index contributed by atoms with van der Waals surface area (Å²) in [6.07, 6.45) is 2.26. The second-order valence-electron chi connectivity index (χ2n) is 5.35. The Bertz CT molecular complexity index is 654. The maximum absolute atomic E-state index is 13.0. The number of ether oxygens (including phenoxy) is 1. The van der Waals surface area contributed by atoms with Gasteiger partial charge in [-0.3, -0.25) is 4.79 Å². The third-order valence-corrected chi connectivity index (χ3v) is 6.27. The summed E-state index contributed by atoms with van der Waals surface area (Å²) in [5, 5.41) is 2.35. The van der Waals surface area contributed by atoms with Gasteiger partial charge in [-0.05, 0) is 17.9 Å². The number of hydrogen-bond donors (Lipinski definition) is 0. The van der Waals surface area contributed by atoms with Crippen LogP contribution < -0.4 is 0 Å². The lowest BCUT2D eigenvalue weighted by Crippen LogP contribution is -2.54. The third-order valence-electron chi connectivity index (χ3n) is 4.11. The summed E-state index contributed by atoms with van der Waals surface area (Å²) in [5.41, 5.74) is 0.430. The Morgan fingerprint density at radius 1 is 1.45 bits per heavy atom. The SMILES string of the molecule is O=C(c1ncoc1-c1cccs1)N1CCS[C@@H]2COCC[C@H]21. The summed E-state index contributed by atoms with van der Waals surface area (Å²) in [5.74, 6) is 1.51. The molecule has 5 nitrogen and oxygen atoms in total. The molecule has 0 N–H and O–H groups in total. The van der Waals surface area contributed by atoms with Crippen LogP contribution in [0.2, 0.25) is 0 Å². The molecule has 116 valence electrons. The fraction of sp³-hybridized carbons (Fsp3) is 0.467. The van der Waals surface area contributed by atoms with Gasteiger partial charge in [0.2, 0.25) is 0 Å². The quantitative estimate of drug-likeness (QED) is 0.844. The van der Waals surface area contributed by atoms with Crippen LogP contribution in [0.4, 0.5) is 0 Å². The van der Waals surface area contributed by atoms with Crippen molar-refractivity contribution in [1.82, 2.24) is 9.88 Å². The normalized spacial score (nSPS) is 25.0. The lowest BCUT2D eigenvalue weighted by molar-refractivity contribution is 0.0316. The van der Waals surface area contributed by atoms with Gasteiger partial charge in [0.1, 0.15) is 0 Å². The fourth-order valence-corrected chi connectivity index (χ4v) is 5.07. The van der Waals surface area contributed by atoms with E-state index < -0.39 is 0 Å². The van der Waals surface area contributed by atoms with E-state index in [0.717, 1.165) is 36.8 Å². The first-order valence-electron chi connectivity index (χ1n) is 7.32. The van der Waals surface area contributed by atoms with Crippen molar-refractivity contribution in [3.8, 4) is 10.6 Å². The minimum absolute atomic E-state index is 0.0191. The molecule has 0 bridgehead atoms. The van der Waals surface area contributed by atoms with E-state index in [1.165, 1.54) is 6.39 Å². The Morgan fingerprint density at radius 3 is 3.27 bits per heavy atom. The zero-order valence-corrected chi connectivity index (χ0v) is 13.6. The summed E-state index contributed by atoms with van der Waals surface area (Å²) < 4.78 is 11.0. The first-order valence-corrected chi connectivity index (χ1v) is 9.25. The van der Waals surface area contributed by atoms with E-state index in [4.69, 9.17) is 9.15 Å². The van der Waals surface area contributed by atoms with Crippen LogP contribution in [0, 0.1) is 0 Å². The predicted octanol–water partition coefficient (Wildman–Crippen LogP) is 2.75. The maximum atomic E-state index is 13.0. The van der Waals surface area contributed by atoms with Crippen molar-refractivity contribution >= 4 is 29.0 Å². The van der Waals surface area contributed by atoms with Crippen molar-refractivity contribution in [2.75, 3.05) is 25.5 Å². The van der Waals surface area contributed by atoms with E-state index in [0.29, 0.717) is 16.7 Å². The monoisotopic (exact) mass is 336 g/mol. The highest BCUT2D eigenvalue weighted by molar-refractivity contribution is 8.00. The van der Waals surface area contributed by atoms with Gasteiger partial charge in [0.05, 0.1) is 11.5 Å². The molecule has 2 aliphatic heterocycles. The molecule has 2 aliphatic rings. The highest BCUT2D eigenvalue weighted by Gasteiger charge is 2.38. The average Bonchev–Trinajstić information content (AvgIpc) is 3.24. The van der Waals surface area contributed by atoms with Crippen molar-refractivity contribution in [2.24, 2.45) is 0 Å². The summed E-state index contributed by atoms with van der Waals surface area (Å²) >= 11 is 3.46. The average molecular weight is 336 g/mol. The van der Waals surface area contributed by atoms with E-state index in [2.05, 4.69) is 4.98 Å². The van der Waals surface area contributed by atoms with Crippen molar-refractivity contribution in [2.45, 2.75) is 17.7 Å². The van der Waals surface area contributed by atoms with Gasteiger partial charge >= 0.3 is 0 Å². The van der Waals surface area contributed by atoms with Crippen LogP contribution in [0.5, 0.6) is 0 Å². The molecule has 0 unspecified atom stereocenters. The van der Waals surface area contributed by atoms with Gasteiger partial charge in [0.25, 0.3) is 5.91 Å². The van der Waals surface area contributed by atoms with Crippen LogP contribution in [0.25, 0.3) is 10.6 Å². The molecule has 2 fully saturated rings. The van der Waals surface area contributed by atoms with Crippen LogP contribution in [-0.4, -0.2) is 52.6 Å². The molecule has 0 aromatic carbocycles. The molecular formula is C15H16N2O3S2. The minimum atomic E-state index is -0.0191. The van der Waals surface area contributed by atoms with E-state index in [9.17, 15) is 4.79 Å². The fourth-order valence-electron chi connectivity index (χ4n) is 3.05. The minimum Gasteiger partial charge on any atom is -0.442 e. The lowest BCUT2D eigenvalue weighted by atomic mass is 10.1. The summed E-state index contributed by atoms with van der Waals surface area (Å²) in [6.45, 7) is 2.22. The van der Waals surface area contributed by atoms with Crippen LogP contribution in [0.15, 0.2) is 28.3 Å². The molecule has 0 saturated carbocycles. The largest absolute Gasteiger partial charge is 0.442 e. The van der Waals surface area contributed by atoms with Crippen molar-refractivity contribution in [1.29, 1.82) is 0 Å². The predicted molar refractivity (Wildman–Crippen MR) is 86.3 cm³/mol. The van der Waals surface area contributed by atoms with Gasteiger partial charge in [0.15, 0.2) is 17.8 Å². The van der Waals surface area contributed by atoms with E-state index in [1.54, 1.807) is 11.3 Å². The zero-order chi connectivity index (χ0) is 14.9. The van der Waals surface area contributed by atoms with Crippen LogP contribution >= 0.6 is 23.1 Å². The molecule has 0 spiro atoms. The molecule has 2 atom stereocenters. The standard InChI is InChI=1S/C15H16N2O3S2/c18-15(13-14(20-9-16-13)11-2-1-6-21-11)17-4-7-22-12-8-19-5-3-10(12)17/h1-2,6,9-10,12H,3-5,7-8H2/t10-,12-/m1/s1. The molecular weight excluding hydrogens is 320 g/mol. The molecule has 4 heterocycles. The molecule has 2 aromatic rings. The van der Waals surface area contributed by atoms with Crippen molar-refractivity contribution in [3.05, 3.63) is 29.6 Å². The number of carbonyl (C=O) groups is 1. The number of oxazole rings is 1. The smallest absolute Gasteiger partial charge is 0.276 e. The summed E-state index contributed by atoms with van der Waals surface area (Å²) in [4.78, 5) is 20.1. The van der Waals surface area contributed by atoms with Gasteiger partial charge in [-0.2, -0.15) is 11.8 Å². The van der Waals surface area contributed by atoms with Crippen molar-refractivity contribution < 1.29 is 13.9 Å². The Hall–Kier alpha value is -1.31. The number of hydrogen-bond acceptors (Lipinski definition) is 6. The first-order chi connectivity index (χ1) is 10.8. The van der Waals surface area contributed by atoms with E-state index in [-0.39, 0.29) is 11.9 Å². The van der Waals surface area contributed by atoms with Crippen LogP contribution in [-0.2, 0) is 4.74 Å². The number of nitrogens with zero attached hydrogens (tertiary/aromatic N) is 2. The molecule has 0 aliphatic carbocycles. The topological polar surface area (TPSA) is 55.6 Å². The molecule has 22 heavy (non-hydrogen) atoms. The second kappa shape index (κ2) is 6.06. The Labute approximate surface area is 136 Å². The van der Waals surface area contributed by atoms with Crippen LogP contribution in [0.3, 0.4) is 0 Å². The second-order valence-corrected chi connectivity index (χ2v) is 7.64. The Morgan fingerprint density at radius 2 is 2.41 bits per heavy atom. The number of thiophene rings is 1. The van der Waals surface area contributed by atoms with E-state index in [1.807, 2.05) is 34.2 Å². The summed E-state index contributed by atoms with van der Waals surface area (Å²) in [6, 6.07) is 4.14. The van der Waals surface area contributed by atoms with Gasteiger partial charge in [-0.15, -0.1) is 11.3 Å². The number of fused-ring (bicyclic) bond motifs is 1. The number of rotatable bonds is 2. The molecule has 2 aromatic heterocycles. The molecule has 1 amide bonds. The van der Waals surface area contributed by atoms with Crippen molar-refractivity contribution in [3.63, 3.8) is 0 Å². The first kappa shape index (κ1) is 14.3. The molecule has 4 rings (SSSR count). The summed E-state index contributed by atoms with van der Waals surface area (Å²) in [7, 11) is 0. The maximum Gasteiger partial charge on any atom is 0.276 e. The number of amides is 1. The Balaban J connectivity index is 1.63. The third kappa shape index (κ3) is 2.47. The zero-order valence-electron chi connectivity index (χ0n) is 11.9. The molecule has 7 heteroatoms. The van der Waals surface area contributed by atoms with Gasteiger partial charge in [0, 0.05) is 30.2 Å². The van der Waals surface area contributed by atoms with Gasteiger partial charge < -0.3 is 14.1 Å². The lowest BCUT2D eigenvalue weighted by Gasteiger charge is -2.43. The van der Waals surface area contributed by atoms with Gasteiger partial charge in [-0.25, -0.2) is 4.98 Å². The van der Waals surface area contributed by atoms with E-state index >= 15 is 0 Å². The highest BCUT2D eigenvalue weighted by atomic mass is 32.2. The van der Waals surface area contributed by atoms with Gasteiger partial charge in [-0.1, -0.05) is 6.07 Å².